The number of rotatable bonds is 2. The highest BCUT2D eigenvalue weighted by Gasteiger charge is 1.98. The van der Waals surface area contributed by atoms with E-state index in [1.807, 2.05) is 0 Å². The van der Waals surface area contributed by atoms with Crippen LogP contribution < -0.4 is 5.32 Å². The summed E-state index contributed by atoms with van der Waals surface area (Å²) >= 11 is 0. The lowest BCUT2D eigenvalue weighted by Gasteiger charge is -1.90. The Labute approximate surface area is 62.9 Å². The summed E-state index contributed by atoms with van der Waals surface area (Å²) in [5.41, 5.74) is 0. The minimum Gasteiger partial charge on any atom is -0.329 e. The Bertz CT molecular complexity index is 263. The second-order valence-electron chi connectivity index (χ2n) is 1.94. The van der Waals surface area contributed by atoms with Gasteiger partial charge in [-0.15, -0.1) is 0 Å². The van der Waals surface area contributed by atoms with Gasteiger partial charge in [0, 0.05) is 24.8 Å². The number of nitrogens with zero attached hydrogens (tertiary/aromatic N) is 3. The van der Waals surface area contributed by atoms with Gasteiger partial charge < -0.3 is 9.97 Å². The number of hydrogen-bond donors (Lipinski definition) is 2. The van der Waals surface area contributed by atoms with Gasteiger partial charge in [-0.05, 0) is 0 Å². The Morgan fingerprint density at radius 1 is 1.00 bits per heavy atom. The van der Waals surface area contributed by atoms with Crippen molar-refractivity contribution in [3.63, 3.8) is 0 Å². The molecule has 0 aliphatic heterocycles. The molecule has 2 heterocycles. The molecule has 55 valence electrons. The summed E-state index contributed by atoms with van der Waals surface area (Å²) in [5.74, 6) is 1.11. The van der Waals surface area contributed by atoms with Crippen LogP contribution in [-0.2, 0) is 0 Å². The first-order valence-corrected chi connectivity index (χ1v) is 3.15. The molecular formula is C6H6N5. The Morgan fingerprint density at radius 3 is 1.91 bits per heavy atom. The maximum Gasteiger partial charge on any atom is 0.230 e. The molecule has 0 aliphatic rings. The van der Waals surface area contributed by atoms with Crippen molar-refractivity contribution >= 4 is 11.9 Å². The first kappa shape index (κ1) is 5.96. The molecule has 2 N–H and O–H groups in total. The highest BCUT2D eigenvalue weighted by atomic mass is 15.2. The number of hydrogen-bond acceptors (Lipinski definition) is 2. The molecule has 0 amide bonds. The van der Waals surface area contributed by atoms with E-state index in [1.54, 1.807) is 24.8 Å². The van der Waals surface area contributed by atoms with Gasteiger partial charge in [-0.1, -0.05) is 0 Å². The number of aromatic nitrogens is 4. The van der Waals surface area contributed by atoms with Crippen molar-refractivity contribution in [1.82, 2.24) is 25.3 Å². The summed E-state index contributed by atoms with van der Waals surface area (Å²) in [6.07, 6.45) is 6.70. The third-order valence-corrected chi connectivity index (χ3v) is 1.18. The first-order chi connectivity index (χ1) is 5.45. The van der Waals surface area contributed by atoms with E-state index in [4.69, 9.17) is 0 Å². The van der Waals surface area contributed by atoms with Gasteiger partial charge in [0.15, 0.2) is 0 Å². The second kappa shape index (κ2) is 2.45. The van der Waals surface area contributed by atoms with Crippen molar-refractivity contribution in [3.8, 4) is 0 Å². The fourth-order valence-electron chi connectivity index (χ4n) is 0.736. The van der Waals surface area contributed by atoms with E-state index in [-0.39, 0.29) is 0 Å². The highest BCUT2D eigenvalue weighted by molar-refractivity contribution is 5.26. The average Bonchev–Trinajstić information content (AvgIpc) is 2.60. The number of nitrogens with one attached hydrogen (secondary N) is 2. The molecular weight excluding hydrogens is 142 g/mol. The van der Waals surface area contributed by atoms with Gasteiger partial charge in [0.1, 0.15) is 0 Å². The molecule has 0 aromatic carbocycles. The van der Waals surface area contributed by atoms with Crippen LogP contribution in [0.4, 0.5) is 11.9 Å². The summed E-state index contributed by atoms with van der Waals surface area (Å²) in [5, 5.41) is 4.03. The normalized spacial score (nSPS) is 9.82. The lowest BCUT2D eigenvalue weighted by Crippen LogP contribution is -1.91. The fraction of sp³-hybridized carbons (Fsp3) is 0. The molecule has 2 rings (SSSR count). The summed E-state index contributed by atoms with van der Waals surface area (Å²) in [6, 6.07) is 0. The Hall–Kier alpha value is -1.78. The Kier molecular flexibility index (Phi) is 1.33. The van der Waals surface area contributed by atoms with Gasteiger partial charge in [-0.25, -0.2) is 9.97 Å². The number of H-pyrrole nitrogens is 2. The molecule has 0 spiro atoms. The zero-order valence-electron chi connectivity index (χ0n) is 5.65. The smallest absolute Gasteiger partial charge is 0.230 e. The van der Waals surface area contributed by atoms with E-state index in [1.165, 1.54) is 0 Å². The largest absolute Gasteiger partial charge is 0.329 e. The molecule has 11 heavy (non-hydrogen) atoms. The number of aromatic amines is 2. The average molecular weight is 148 g/mol. The molecule has 0 unspecified atom stereocenters. The third-order valence-electron chi connectivity index (χ3n) is 1.18. The Morgan fingerprint density at radius 2 is 1.55 bits per heavy atom. The molecule has 0 aliphatic carbocycles. The predicted octanol–water partition coefficient (Wildman–Crippen LogP) is 0.700. The van der Waals surface area contributed by atoms with E-state index < -0.39 is 0 Å². The SMILES string of the molecule is c1c[nH]c([N]c2ncc[nH]2)n1. The summed E-state index contributed by atoms with van der Waals surface area (Å²) < 4.78 is 0. The van der Waals surface area contributed by atoms with Gasteiger partial charge in [-0.3, -0.25) is 0 Å². The van der Waals surface area contributed by atoms with Crippen molar-refractivity contribution in [2.75, 3.05) is 0 Å². The van der Waals surface area contributed by atoms with Gasteiger partial charge >= 0.3 is 0 Å². The van der Waals surface area contributed by atoms with Gasteiger partial charge in [0.25, 0.3) is 0 Å². The van der Waals surface area contributed by atoms with Crippen LogP contribution in [0.1, 0.15) is 0 Å². The van der Waals surface area contributed by atoms with Crippen LogP contribution in [0.15, 0.2) is 24.8 Å². The van der Waals surface area contributed by atoms with Crippen molar-refractivity contribution in [3.05, 3.63) is 24.8 Å². The van der Waals surface area contributed by atoms with Gasteiger partial charge in [-0.2, -0.15) is 5.32 Å². The van der Waals surface area contributed by atoms with E-state index in [9.17, 15) is 0 Å². The van der Waals surface area contributed by atoms with E-state index in [0.29, 0.717) is 11.9 Å². The minimum atomic E-state index is 0.556. The van der Waals surface area contributed by atoms with Crippen LogP contribution in [0.3, 0.4) is 0 Å². The van der Waals surface area contributed by atoms with E-state index in [0.717, 1.165) is 0 Å². The lowest BCUT2D eigenvalue weighted by molar-refractivity contribution is 0.991. The lowest BCUT2D eigenvalue weighted by atomic mass is 10.9. The Balaban J connectivity index is 2.14. The van der Waals surface area contributed by atoms with Crippen LogP contribution >= 0.6 is 0 Å². The standard InChI is InChI=1S/C6H6N5/c1-2-8-5(7-1)11-6-9-3-4-10-6/h1-4H,(H,7,8)(H,9,10). The van der Waals surface area contributed by atoms with Crippen LogP contribution in [0.5, 0.6) is 0 Å². The van der Waals surface area contributed by atoms with E-state index >= 15 is 0 Å². The summed E-state index contributed by atoms with van der Waals surface area (Å²) in [7, 11) is 0. The molecule has 0 fully saturated rings. The molecule has 1 radical (unpaired) electrons. The van der Waals surface area contributed by atoms with Gasteiger partial charge in [0.2, 0.25) is 11.9 Å². The van der Waals surface area contributed by atoms with Crippen LogP contribution in [-0.4, -0.2) is 19.9 Å². The second-order valence-corrected chi connectivity index (χ2v) is 1.94. The number of imidazole rings is 2. The van der Waals surface area contributed by atoms with Crippen molar-refractivity contribution < 1.29 is 0 Å². The maximum atomic E-state index is 4.03. The zero-order chi connectivity index (χ0) is 7.52. The zero-order valence-corrected chi connectivity index (χ0v) is 5.65. The molecule has 2 aromatic rings. The van der Waals surface area contributed by atoms with Crippen LogP contribution in [0.2, 0.25) is 0 Å². The van der Waals surface area contributed by atoms with Crippen molar-refractivity contribution in [2.45, 2.75) is 0 Å². The molecule has 0 bridgehead atoms. The summed E-state index contributed by atoms with van der Waals surface area (Å²) in [6.45, 7) is 0. The monoisotopic (exact) mass is 148 g/mol. The van der Waals surface area contributed by atoms with Crippen molar-refractivity contribution in [1.29, 1.82) is 0 Å². The molecule has 0 saturated carbocycles. The predicted molar refractivity (Wildman–Crippen MR) is 38.6 cm³/mol. The summed E-state index contributed by atoms with van der Waals surface area (Å²) in [4.78, 5) is 13.5. The van der Waals surface area contributed by atoms with Gasteiger partial charge in [0.05, 0.1) is 0 Å². The van der Waals surface area contributed by atoms with E-state index in [2.05, 4.69) is 25.3 Å². The van der Waals surface area contributed by atoms with Crippen LogP contribution in [0, 0.1) is 0 Å². The molecule has 0 atom stereocenters. The molecule has 5 nitrogen and oxygen atoms in total. The maximum absolute atomic E-state index is 4.03. The van der Waals surface area contributed by atoms with Crippen molar-refractivity contribution in [2.24, 2.45) is 0 Å². The molecule has 5 heteroatoms. The first-order valence-electron chi connectivity index (χ1n) is 3.15. The fourth-order valence-corrected chi connectivity index (χ4v) is 0.736. The molecule has 2 aromatic heterocycles. The topological polar surface area (TPSA) is 71.5 Å². The molecule has 0 saturated heterocycles. The minimum absolute atomic E-state index is 0.556. The third kappa shape index (κ3) is 1.21. The highest BCUT2D eigenvalue weighted by Crippen LogP contribution is 2.04. The quantitative estimate of drug-likeness (QED) is 0.658. The van der Waals surface area contributed by atoms with Crippen LogP contribution in [0.25, 0.3) is 0 Å².